The molecule has 0 saturated heterocycles. The quantitative estimate of drug-likeness (QED) is 0.239. The van der Waals surface area contributed by atoms with E-state index in [1.807, 2.05) is 0 Å². The molecule has 0 radical (unpaired) electrons. The number of carbonyl (C=O) groups is 1. The first-order valence-electron chi connectivity index (χ1n) is 14.1. The number of rotatable bonds is 13. The van der Waals surface area contributed by atoms with Crippen molar-refractivity contribution in [2.24, 2.45) is 5.92 Å². The molecular weight excluding hydrogens is 571 g/mol. The van der Waals surface area contributed by atoms with E-state index in [1.54, 1.807) is 6.07 Å². The van der Waals surface area contributed by atoms with Crippen molar-refractivity contribution in [3.63, 3.8) is 0 Å². The first-order valence-corrected chi connectivity index (χ1v) is 15.6. The number of aliphatic carboxylic acids is 1. The molecule has 3 aromatic rings. The molecule has 3 aromatic carbocycles. The lowest BCUT2D eigenvalue weighted by molar-refractivity contribution is -0.131. The molecule has 8 nitrogen and oxygen atoms in total. The zero-order valence-corrected chi connectivity index (χ0v) is 25.7. The Morgan fingerprint density at radius 1 is 1.12 bits per heavy atom. The van der Waals surface area contributed by atoms with Gasteiger partial charge in [-0.05, 0) is 91.6 Å². The largest absolute Gasteiger partial charge is 0.495 e. The number of fused-ring (bicyclic) bond motifs is 1. The molecule has 0 amide bonds. The summed E-state index contributed by atoms with van der Waals surface area (Å²) in [6.45, 7) is 4.26. The first kappa shape index (κ1) is 32.3. The van der Waals surface area contributed by atoms with E-state index in [4.69, 9.17) is 9.84 Å². The van der Waals surface area contributed by atoms with Gasteiger partial charge in [0.25, 0.3) is 0 Å². The smallest absolute Gasteiger partial charge is 0.328 e. The van der Waals surface area contributed by atoms with Crippen LogP contribution in [-0.4, -0.2) is 67.8 Å². The molecule has 0 spiro atoms. The summed E-state index contributed by atoms with van der Waals surface area (Å²) in [5.41, 5.74) is 3.54. The fourth-order valence-electron chi connectivity index (χ4n) is 5.68. The number of nitrogens with zero attached hydrogens (tertiary/aromatic N) is 1. The molecule has 0 saturated carbocycles. The minimum atomic E-state index is -4.10. The Kier molecular flexibility index (Phi) is 10.1. The maximum absolute atomic E-state index is 14.2. The van der Waals surface area contributed by atoms with Crippen LogP contribution in [0.25, 0.3) is 17.2 Å². The number of aliphatic hydroxyl groups excluding tert-OH is 1. The number of hydrogen-bond donors (Lipinski definition) is 3. The monoisotopic (exact) mass is 610 g/mol. The fraction of sp³-hybridized carbons (Fsp3) is 0.364. The Morgan fingerprint density at radius 3 is 2.37 bits per heavy atom. The Morgan fingerprint density at radius 2 is 1.74 bits per heavy atom. The van der Waals surface area contributed by atoms with Crippen molar-refractivity contribution in [1.82, 2.24) is 9.62 Å². The average Bonchev–Trinajstić information content (AvgIpc) is 3.37. The number of methoxy groups -OCH3 is 1. The summed E-state index contributed by atoms with van der Waals surface area (Å²) in [5.74, 6) is -1.20. The summed E-state index contributed by atoms with van der Waals surface area (Å²) in [4.78, 5) is 10.8. The summed E-state index contributed by atoms with van der Waals surface area (Å²) in [5, 5.41) is 23.1. The van der Waals surface area contributed by atoms with Gasteiger partial charge in [-0.3, -0.25) is 0 Å². The van der Waals surface area contributed by atoms with Crippen LogP contribution < -0.4 is 10.1 Å². The van der Waals surface area contributed by atoms with Crippen LogP contribution in [0.5, 0.6) is 5.75 Å². The predicted molar refractivity (Wildman–Crippen MR) is 165 cm³/mol. The van der Waals surface area contributed by atoms with Crippen molar-refractivity contribution in [3.05, 3.63) is 89.2 Å². The Hall–Kier alpha value is -3.57. The summed E-state index contributed by atoms with van der Waals surface area (Å²) in [6, 6.07) is 17.2. The molecule has 3 N–H and O–H groups in total. The van der Waals surface area contributed by atoms with Crippen LogP contribution in [0.15, 0.2) is 71.6 Å². The number of nitrogens with one attached hydrogen (secondary N) is 1. The van der Waals surface area contributed by atoms with E-state index in [9.17, 15) is 22.7 Å². The van der Waals surface area contributed by atoms with Gasteiger partial charge < -0.3 is 20.3 Å². The topological polar surface area (TPSA) is 116 Å². The van der Waals surface area contributed by atoms with Crippen molar-refractivity contribution in [2.75, 3.05) is 27.2 Å². The third-order valence-electron chi connectivity index (χ3n) is 7.81. The molecule has 0 unspecified atom stereocenters. The molecular formula is C33H39FN2O6S. The second kappa shape index (κ2) is 13.4. The lowest BCUT2D eigenvalue weighted by atomic mass is 9.88. The third-order valence-corrected chi connectivity index (χ3v) is 9.65. The molecule has 0 fully saturated rings. The van der Waals surface area contributed by atoms with Gasteiger partial charge in [0.05, 0.1) is 13.2 Å². The molecule has 43 heavy (non-hydrogen) atoms. The van der Waals surface area contributed by atoms with Gasteiger partial charge in [0.1, 0.15) is 16.5 Å². The fourth-order valence-corrected chi connectivity index (χ4v) is 7.07. The molecule has 1 atom stereocenters. The highest BCUT2D eigenvalue weighted by molar-refractivity contribution is 7.89. The molecule has 0 bridgehead atoms. The van der Waals surface area contributed by atoms with E-state index >= 15 is 0 Å². The van der Waals surface area contributed by atoms with Gasteiger partial charge in [-0.25, -0.2) is 17.6 Å². The SMILES string of the molecule is COc1ccc(-c2ccc(F)c(/C=C/C(=O)O)c2)cc1S(=O)(=O)N(C)C[C@H](O)CNC(C)(C)CC1Cc2ccccc2C1. The highest BCUT2D eigenvalue weighted by Gasteiger charge is 2.30. The standard InChI is InChI=1S/C33H39FN2O6S/c1-33(2,19-22-15-23-7-5-6-8-24(23)16-22)35-20-28(37)21-36(3)43(40,41)31-18-26(10-13-30(31)42-4)25-9-12-29(34)27(17-25)11-14-32(38)39/h5-14,17-18,22,28,35,37H,15-16,19-21H2,1-4H3,(H,38,39)/b14-11+/t28-/m1/s1. The number of β-amino-alcohol motifs (C(OH)–C–C–N with tert-alkyl or cyclic N) is 1. The van der Waals surface area contributed by atoms with Crippen molar-refractivity contribution < 1.29 is 32.6 Å². The normalized spacial score (nSPS) is 14.8. The van der Waals surface area contributed by atoms with Crippen LogP contribution in [0.3, 0.4) is 0 Å². The van der Waals surface area contributed by atoms with Gasteiger partial charge in [0.2, 0.25) is 10.0 Å². The number of benzene rings is 3. The minimum Gasteiger partial charge on any atom is -0.495 e. The van der Waals surface area contributed by atoms with Crippen molar-refractivity contribution in [2.45, 2.75) is 49.6 Å². The molecule has 230 valence electrons. The maximum atomic E-state index is 14.2. The van der Waals surface area contributed by atoms with Gasteiger partial charge >= 0.3 is 5.97 Å². The molecule has 10 heteroatoms. The predicted octanol–water partition coefficient (Wildman–Crippen LogP) is 4.75. The molecule has 0 aromatic heterocycles. The van der Waals surface area contributed by atoms with Crippen molar-refractivity contribution in [3.8, 4) is 16.9 Å². The Bertz CT molecular complexity index is 1580. The van der Waals surface area contributed by atoms with Crippen LogP contribution in [0, 0.1) is 11.7 Å². The second-order valence-corrected chi connectivity index (χ2v) is 13.7. The number of likely N-dealkylation sites (N-methyl/N-ethyl adjacent to an activating group) is 1. The van der Waals surface area contributed by atoms with Gasteiger partial charge in [-0.2, -0.15) is 4.31 Å². The lowest BCUT2D eigenvalue weighted by Gasteiger charge is -2.31. The number of sulfonamides is 1. The zero-order valence-electron chi connectivity index (χ0n) is 24.9. The van der Waals surface area contributed by atoms with E-state index in [0.717, 1.165) is 35.7 Å². The number of hydrogen-bond acceptors (Lipinski definition) is 6. The molecule has 0 heterocycles. The van der Waals surface area contributed by atoms with Gasteiger partial charge in [-0.1, -0.05) is 36.4 Å². The average molecular weight is 611 g/mol. The number of aliphatic hydroxyl groups is 1. The van der Waals surface area contributed by atoms with Gasteiger partial charge in [0, 0.05) is 37.3 Å². The second-order valence-electron chi connectivity index (χ2n) is 11.7. The molecule has 4 rings (SSSR count). The summed E-state index contributed by atoms with van der Waals surface area (Å²) in [6.07, 6.45) is 3.99. The zero-order chi connectivity index (χ0) is 31.4. The Labute approximate surface area is 252 Å². The van der Waals surface area contributed by atoms with Crippen molar-refractivity contribution >= 4 is 22.1 Å². The van der Waals surface area contributed by atoms with Crippen LogP contribution in [0.2, 0.25) is 0 Å². The van der Waals surface area contributed by atoms with Gasteiger partial charge in [-0.15, -0.1) is 0 Å². The molecule has 0 aliphatic heterocycles. The molecule has 1 aliphatic carbocycles. The van der Waals surface area contributed by atoms with E-state index < -0.39 is 27.9 Å². The van der Waals surface area contributed by atoms with Crippen LogP contribution in [0.1, 0.15) is 37.0 Å². The van der Waals surface area contributed by atoms with Crippen LogP contribution >= 0.6 is 0 Å². The Balaban J connectivity index is 1.43. The number of carboxylic acid groups (broad SMARTS) is 1. The van der Waals surface area contributed by atoms with Crippen LogP contribution in [0.4, 0.5) is 4.39 Å². The highest BCUT2D eigenvalue weighted by atomic mass is 32.2. The van der Waals surface area contributed by atoms with E-state index in [0.29, 0.717) is 17.0 Å². The van der Waals surface area contributed by atoms with Crippen LogP contribution in [-0.2, 0) is 27.7 Å². The van der Waals surface area contributed by atoms with E-state index in [2.05, 4.69) is 43.4 Å². The van der Waals surface area contributed by atoms with Crippen molar-refractivity contribution in [1.29, 1.82) is 0 Å². The first-order chi connectivity index (χ1) is 20.3. The lowest BCUT2D eigenvalue weighted by Crippen LogP contribution is -2.47. The van der Waals surface area contributed by atoms with E-state index in [1.165, 1.54) is 55.6 Å². The number of ether oxygens (including phenoxy) is 1. The third kappa shape index (κ3) is 8.08. The summed E-state index contributed by atoms with van der Waals surface area (Å²) in [7, 11) is -1.33. The highest BCUT2D eigenvalue weighted by Crippen LogP contribution is 2.33. The number of halogens is 1. The molecule has 1 aliphatic rings. The summed E-state index contributed by atoms with van der Waals surface area (Å²) < 4.78 is 48.0. The van der Waals surface area contributed by atoms with E-state index in [-0.39, 0.29) is 34.8 Å². The maximum Gasteiger partial charge on any atom is 0.328 e. The number of carboxylic acids is 1. The minimum absolute atomic E-state index is 0.0493. The summed E-state index contributed by atoms with van der Waals surface area (Å²) >= 11 is 0. The van der Waals surface area contributed by atoms with Gasteiger partial charge in [0.15, 0.2) is 0 Å².